The third-order valence-corrected chi connectivity index (χ3v) is 4.55. The highest BCUT2D eigenvalue weighted by molar-refractivity contribution is 5.70. The van der Waals surface area contributed by atoms with Crippen LogP contribution < -0.4 is 5.32 Å². The maximum absolute atomic E-state index is 10.9. The van der Waals surface area contributed by atoms with Gasteiger partial charge in [0, 0.05) is 18.7 Å². The number of ether oxygens (including phenoxy) is 1. The van der Waals surface area contributed by atoms with Crippen molar-refractivity contribution in [3.63, 3.8) is 0 Å². The predicted molar refractivity (Wildman–Crippen MR) is 71.0 cm³/mol. The molecule has 0 aromatic carbocycles. The van der Waals surface area contributed by atoms with Crippen molar-refractivity contribution in [1.29, 1.82) is 0 Å². The number of hydrogen-bond acceptors (Lipinski definition) is 4. The summed E-state index contributed by atoms with van der Waals surface area (Å²) in [5.74, 6) is -1.02. The molecule has 1 saturated heterocycles. The Balaban J connectivity index is 1.80. The lowest BCUT2D eigenvalue weighted by Gasteiger charge is -2.40. The molecule has 110 valence electrons. The van der Waals surface area contributed by atoms with E-state index < -0.39 is 11.6 Å². The fourth-order valence-corrected chi connectivity index (χ4v) is 3.03. The van der Waals surface area contributed by atoms with Crippen LogP contribution in [0.1, 0.15) is 45.4 Å². The zero-order valence-corrected chi connectivity index (χ0v) is 11.7. The molecule has 3 N–H and O–H groups in total. The van der Waals surface area contributed by atoms with Crippen LogP contribution >= 0.6 is 0 Å². The number of β-amino-alcohol motifs (C(OH)–C–C–N with tert-alkyl or cyclic N) is 1. The van der Waals surface area contributed by atoms with E-state index in [-0.39, 0.29) is 11.5 Å². The van der Waals surface area contributed by atoms with E-state index in [0.717, 1.165) is 19.4 Å². The van der Waals surface area contributed by atoms with Gasteiger partial charge in [-0.3, -0.25) is 4.79 Å². The molecule has 1 heterocycles. The monoisotopic (exact) mass is 271 g/mol. The smallest absolute Gasteiger partial charge is 0.306 e. The minimum absolute atomic E-state index is 0.0579. The van der Waals surface area contributed by atoms with Crippen molar-refractivity contribution < 1.29 is 19.7 Å². The summed E-state index contributed by atoms with van der Waals surface area (Å²) in [6, 6.07) is 0. The van der Waals surface area contributed by atoms with Crippen LogP contribution in [0, 0.1) is 5.92 Å². The van der Waals surface area contributed by atoms with Gasteiger partial charge in [0.1, 0.15) is 0 Å². The van der Waals surface area contributed by atoms with Crippen molar-refractivity contribution in [2.45, 2.75) is 56.6 Å². The maximum atomic E-state index is 10.9. The van der Waals surface area contributed by atoms with Crippen molar-refractivity contribution in [2.75, 3.05) is 19.8 Å². The number of aliphatic hydroxyl groups is 1. The van der Waals surface area contributed by atoms with Crippen LogP contribution in [0.25, 0.3) is 0 Å². The van der Waals surface area contributed by atoms with Crippen molar-refractivity contribution in [1.82, 2.24) is 5.32 Å². The Hall–Kier alpha value is -0.650. The van der Waals surface area contributed by atoms with Crippen molar-refractivity contribution in [2.24, 2.45) is 5.92 Å². The molecule has 0 aromatic rings. The molecule has 1 atom stereocenters. The Bertz CT molecular complexity index is 317. The molecule has 2 fully saturated rings. The highest BCUT2D eigenvalue weighted by atomic mass is 16.5. The van der Waals surface area contributed by atoms with Gasteiger partial charge in [-0.25, -0.2) is 0 Å². The summed E-state index contributed by atoms with van der Waals surface area (Å²) in [5.41, 5.74) is -0.815. The summed E-state index contributed by atoms with van der Waals surface area (Å²) >= 11 is 0. The van der Waals surface area contributed by atoms with Gasteiger partial charge >= 0.3 is 5.97 Å². The molecule has 5 heteroatoms. The molecule has 5 nitrogen and oxygen atoms in total. The number of carboxylic acids is 1. The van der Waals surface area contributed by atoms with Gasteiger partial charge in [-0.2, -0.15) is 0 Å². The van der Waals surface area contributed by atoms with E-state index in [2.05, 4.69) is 12.2 Å². The Kier molecular flexibility index (Phi) is 4.48. The topological polar surface area (TPSA) is 78.8 Å². The summed E-state index contributed by atoms with van der Waals surface area (Å²) in [6.45, 7) is 4.15. The average molecular weight is 271 g/mol. The second kappa shape index (κ2) is 5.77. The molecule has 2 aliphatic rings. The van der Waals surface area contributed by atoms with E-state index in [1.165, 1.54) is 0 Å². The molecule has 1 unspecified atom stereocenters. The molecular weight excluding hydrogens is 246 g/mol. The van der Waals surface area contributed by atoms with Crippen LogP contribution in [0.15, 0.2) is 0 Å². The summed E-state index contributed by atoms with van der Waals surface area (Å²) < 4.78 is 5.48. The van der Waals surface area contributed by atoms with Gasteiger partial charge in [-0.05, 0) is 45.4 Å². The molecule has 1 aliphatic heterocycles. The Morgan fingerprint density at radius 1 is 1.37 bits per heavy atom. The van der Waals surface area contributed by atoms with Crippen molar-refractivity contribution in [3.05, 3.63) is 0 Å². The molecule has 0 aromatic heterocycles. The average Bonchev–Trinajstić information content (AvgIpc) is 2.38. The highest BCUT2D eigenvalue weighted by Crippen LogP contribution is 2.32. The highest BCUT2D eigenvalue weighted by Gasteiger charge is 2.37. The number of carboxylic acid groups (broad SMARTS) is 1. The second-order valence-electron chi connectivity index (χ2n) is 6.41. The summed E-state index contributed by atoms with van der Waals surface area (Å²) in [4.78, 5) is 10.9. The van der Waals surface area contributed by atoms with Crippen LogP contribution in [0.4, 0.5) is 0 Å². The van der Waals surface area contributed by atoms with E-state index in [4.69, 9.17) is 9.84 Å². The molecule has 2 rings (SSSR count). The first-order valence-corrected chi connectivity index (χ1v) is 7.21. The first kappa shape index (κ1) is 14.8. The third-order valence-electron chi connectivity index (χ3n) is 4.55. The Morgan fingerprint density at radius 3 is 2.58 bits per heavy atom. The number of nitrogens with one attached hydrogen (secondary N) is 1. The maximum Gasteiger partial charge on any atom is 0.306 e. The van der Waals surface area contributed by atoms with Crippen LogP contribution in [0.3, 0.4) is 0 Å². The van der Waals surface area contributed by atoms with Crippen LogP contribution in [0.2, 0.25) is 0 Å². The Morgan fingerprint density at radius 2 is 2.05 bits per heavy atom. The lowest BCUT2D eigenvalue weighted by Crippen LogP contribution is -2.55. The molecule has 1 saturated carbocycles. The van der Waals surface area contributed by atoms with Gasteiger partial charge in [0.25, 0.3) is 0 Å². The summed E-state index contributed by atoms with van der Waals surface area (Å²) in [5, 5.41) is 22.9. The minimum Gasteiger partial charge on any atom is -0.481 e. The van der Waals surface area contributed by atoms with Gasteiger partial charge in [0.15, 0.2) is 0 Å². The van der Waals surface area contributed by atoms with Crippen LogP contribution in [-0.2, 0) is 9.53 Å². The lowest BCUT2D eigenvalue weighted by molar-refractivity contribution is -0.144. The number of rotatable bonds is 4. The van der Waals surface area contributed by atoms with E-state index in [0.29, 0.717) is 38.8 Å². The molecule has 0 spiro atoms. The summed E-state index contributed by atoms with van der Waals surface area (Å²) in [6.07, 6.45) is 4.37. The molecule has 1 aliphatic carbocycles. The molecule has 19 heavy (non-hydrogen) atoms. The van der Waals surface area contributed by atoms with Gasteiger partial charge in [0.05, 0.1) is 18.1 Å². The molecule has 0 amide bonds. The van der Waals surface area contributed by atoms with E-state index in [9.17, 15) is 9.90 Å². The standard InChI is InChI=1S/C14H25NO4/c1-13(5-2-8-19-10-13)15-9-14(18)6-3-11(4-7-14)12(16)17/h11,15,18H,2-10H2,1H3,(H,16,17). The SMILES string of the molecule is CC1(NCC2(O)CCC(C(=O)O)CC2)CCCOC1. The van der Waals surface area contributed by atoms with E-state index >= 15 is 0 Å². The van der Waals surface area contributed by atoms with Gasteiger partial charge in [-0.15, -0.1) is 0 Å². The number of hydrogen-bond donors (Lipinski definition) is 3. The fourth-order valence-electron chi connectivity index (χ4n) is 3.03. The zero-order chi connectivity index (χ0) is 13.9. The largest absolute Gasteiger partial charge is 0.481 e. The summed E-state index contributed by atoms with van der Waals surface area (Å²) in [7, 11) is 0. The number of carbonyl (C=O) groups is 1. The van der Waals surface area contributed by atoms with E-state index in [1.807, 2.05) is 0 Å². The predicted octanol–water partition coefficient (Wildman–Crippen LogP) is 1.15. The first-order valence-electron chi connectivity index (χ1n) is 7.21. The second-order valence-corrected chi connectivity index (χ2v) is 6.41. The number of aliphatic carboxylic acids is 1. The van der Waals surface area contributed by atoms with E-state index in [1.54, 1.807) is 0 Å². The zero-order valence-electron chi connectivity index (χ0n) is 11.7. The van der Waals surface area contributed by atoms with Gasteiger partial charge in [-0.1, -0.05) is 0 Å². The van der Waals surface area contributed by atoms with Crippen LogP contribution in [0.5, 0.6) is 0 Å². The van der Waals surface area contributed by atoms with Crippen LogP contribution in [-0.4, -0.2) is 47.1 Å². The van der Waals surface area contributed by atoms with Crippen molar-refractivity contribution >= 4 is 5.97 Å². The van der Waals surface area contributed by atoms with Crippen molar-refractivity contribution in [3.8, 4) is 0 Å². The quantitative estimate of drug-likeness (QED) is 0.715. The minimum atomic E-state index is -0.758. The molecule has 0 radical (unpaired) electrons. The fraction of sp³-hybridized carbons (Fsp3) is 0.929. The third kappa shape index (κ3) is 3.91. The first-order chi connectivity index (χ1) is 8.93. The van der Waals surface area contributed by atoms with Gasteiger partial charge < -0.3 is 20.3 Å². The Labute approximate surface area is 114 Å². The van der Waals surface area contributed by atoms with Gasteiger partial charge in [0.2, 0.25) is 0 Å². The molecular formula is C14H25NO4. The lowest BCUT2D eigenvalue weighted by atomic mass is 9.78. The molecule has 0 bridgehead atoms. The normalized spacial score (nSPS) is 40.0.